The molecule has 2 amide bonds. The standard InChI is InChI=1S/C27H32N2O6/c1-17(2)19(16-30)29-22-24(32)28(15-18-9-5-4-6-10-18)13-7-12-27(22)20(23(29)31)21-25(33)34-14-8-11-26(21,3)35-27/h4-12,17,19-22,30H,13-16H2,1-3H3/t19-,20-,21-,22?,26+,27-/m0/s1. The second-order valence-corrected chi connectivity index (χ2v) is 10.4. The van der Waals surface area contributed by atoms with Crippen LogP contribution in [-0.2, 0) is 30.4 Å². The molecule has 0 saturated carbocycles. The fraction of sp³-hybridized carbons (Fsp3) is 0.519. The average Bonchev–Trinajstić information content (AvgIpc) is 3.08. The zero-order valence-electron chi connectivity index (χ0n) is 20.3. The molecular formula is C27H32N2O6. The van der Waals surface area contributed by atoms with E-state index >= 15 is 0 Å². The third-order valence-corrected chi connectivity index (χ3v) is 7.86. The Labute approximate surface area is 205 Å². The molecule has 1 aromatic rings. The lowest BCUT2D eigenvalue weighted by Crippen LogP contribution is -2.59. The predicted molar refractivity (Wildman–Crippen MR) is 127 cm³/mol. The summed E-state index contributed by atoms with van der Waals surface area (Å²) in [5.74, 6) is -3.07. The predicted octanol–water partition coefficient (Wildman–Crippen LogP) is 1.69. The summed E-state index contributed by atoms with van der Waals surface area (Å²) in [5.41, 5.74) is -1.47. The van der Waals surface area contributed by atoms with E-state index in [1.165, 1.54) is 4.90 Å². The number of esters is 1. The fourth-order valence-electron chi connectivity index (χ4n) is 6.26. The van der Waals surface area contributed by atoms with Gasteiger partial charge in [-0.2, -0.15) is 0 Å². The van der Waals surface area contributed by atoms with Crippen LogP contribution in [0.15, 0.2) is 54.6 Å². The summed E-state index contributed by atoms with van der Waals surface area (Å²) >= 11 is 0. The molecule has 1 spiro atoms. The fourth-order valence-corrected chi connectivity index (χ4v) is 6.26. The Morgan fingerprint density at radius 3 is 2.49 bits per heavy atom. The van der Waals surface area contributed by atoms with Gasteiger partial charge >= 0.3 is 5.97 Å². The van der Waals surface area contributed by atoms with Crippen LogP contribution >= 0.6 is 0 Å². The van der Waals surface area contributed by atoms with Crippen LogP contribution in [0.2, 0.25) is 0 Å². The first kappa shape index (κ1) is 23.8. The first-order chi connectivity index (χ1) is 16.7. The third-order valence-electron chi connectivity index (χ3n) is 7.86. The molecule has 35 heavy (non-hydrogen) atoms. The van der Waals surface area contributed by atoms with E-state index in [1.54, 1.807) is 30.1 Å². The molecule has 4 aliphatic rings. The van der Waals surface area contributed by atoms with Crippen molar-refractivity contribution >= 4 is 17.8 Å². The second-order valence-electron chi connectivity index (χ2n) is 10.4. The van der Waals surface area contributed by atoms with Crippen LogP contribution in [0.4, 0.5) is 0 Å². The molecule has 2 saturated heterocycles. The first-order valence-electron chi connectivity index (χ1n) is 12.2. The molecule has 1 N–H and O–H groups in total. The van der Waals surface area contributed by atoms with Crippen molar-refractivity contribution in [3.8, 4) is 0 Å². The number of carbonyl (C=O) groups is 3. The van der Waals surface area contributed by atoms with Crippen LogP contribution in [0, 0.1) is 17.8 Å². The number of carbonyl (C=O) groups excluding carboxylic acids is 3. The van der Waals surface area contributed by atoms with E-state index < -0.39 is 41.1 Å². The van der Waals surface area contributed by atoms with E-state index in [9.17, 15) is 19.5 Å². The molecule has 4 heterocycles. The minimum absolute atomic E-state index is 0.111. The molecular weight excluding hydrogens is 448 g/mol. The second kappa shape index (κ2) is 8.60. The first-order valence-corrected chi connectivity index (χ1v) is 12.2. The van der Waals surface area contributed by atoms with Crippen LogP contribution in [0.3, 0.4) is 0 Å². The van der Waals surface area contributed by atoms with Crippen molar-refractivity contribution in [1.29, 1.82) is 0 Å². The number of likely N-dealkylation sites (tertiary alicyclic amines) is 1. The van der Waals surface area contributed by atoms with Gasteiger partial charge in [0.25, 0.3) is 0 Å². The third kappa shape index (κ3) is 3.53. The number of rotatable bonds is 5. The van der Waals surface area contributed by atoms with E-state index in [4.69, 9.17) is 9.47 Å². The van der Waals surface area contributed by atoms with Crippen molar-refractivity contribution in [2.24, 2.45) is 17.8 Å². The Bertz CT molecular complexity index is 1080. The number of cyclic esters (lactones) is 1. The number of aliphatic hydroxyl groups is 1. The maximum atomic E-state index is 14.2. The van der Waals surface area contributed by atoms with Gasteiger partial charge in [0, 0.05) is 13.1 Å². The molecule has 5 rings (SSSR count). The average molecular weight is 481 g/mol. The molecule has 8 nitrogen and oxygen atoms in total. The highest BCUT2D eigenvalue weighted by molar-refractivity contribution is 5.99. The molecule has 186 valence electrons. The number of amides is 2. The lowest BCUT2D eigenvalue weighted by atomic mass is 9.75. The van der Waals surface area contributed by atoms with Crippen molar-refractivity contribution in [3.05, 3.63) is 60.2 Å². The minimum Gasteiger partial charge on any atom is -0.461 e. The number of nitrogens with zero attached hydrogens (tertiary/aromatic N) is 2. The quantitative estimate of drug-likeness (QED) is 0.509. The van der Waals surface area contributed by atoms with Gasteiger partial charge in [-0.3, -0.25) is 14.4 Å². The van der Waals surface area contributed by atoms with Crippen LogP contribution < -0.4 is 0 Å². The van der Waals surface area contributed by atoms with Gasteiger partial charge in [0.1, 0.15) is 24.2 Å². The Morgan fingerprint density at radius 1 is 1.06 bits per heavy atom. The smallest absolute Gasteiger partial charge is 0.313 e. The molecule has 0 aliphatic carbocycles. The van der Waals surface area contributed by atoms with Gasteiger partial charge in [0.2, 0.25) is 11.8 Å². The van der Waals surface area contributed by atoms with Crippen LogP contribution in [0.1, 0.15) is 26.3 Å². The molecule has 2 fully saturated rings. The molecule has 1 aromatic carbocycles. The number of fused-ring (bicyclic) bond motifs is 2. The zero-order valence-corrected chi connectivity index (χ0v) is 20.3. The molecule has 4 aliphatic heterocycles. The van der Waals surface area contributed by atoms with Crippen molar-refractivity contribution in [1.82, 2.24) is 9.80 Å². The topological polar surface area (TPSA) is 96.4 Å². The van der Waals surface area contributed by atoms with Crippen molar-refractivity contribution in [2.45, 2.75) is 50.6 Å². The summed E-state index contributed by atoms with van der Waals surface area (Å²) in [6.07, 6.45) is 7.17. The maximum absolute atomic E-state index is 14.2. The van der Waals surface area contributed by atoms with E-state index in [1.807, 2.05) is 50.3 Å². The number of hydrogen-bond donors (Lipinski definition) is 1. The highest BCUT2D eigenvalue weighted by Gasteiger charge is 2.75. The number of aliphatic hydroxyl groups excluding tert-OH is 1. The molecule has 0 aromatic heterocycles. The van der Waals surface area contributed by atoms with Gasteiger partial charge in [-0.15, -0.1) is 0 Å². The lowest BCUT2D eigenvalue weighted by molar-refractivity contribution is -0.160. The highest BCUT2D eigenvalue weighted by Crippen LogP contribution is 2.57. The largest absolute Gasteiger partial charge is 0.461 e. The van der Waals surface area contributed by atoms with Gasteiger partial charge in [0.15, 0.2) is 0 Å². The SMILES string of the molecule is CC(C)[C@H](CO)N1C(=O)[C@@H]2[C@H]3C(=O)OCC=C[C@@]3(C)O[C@@]23C=CCN(Cc2ccccc2)C(=O)C13. The van der Waals surface area contributed by atoms with Gasteiger partial charge in [-0.25, -0.2) is 0 Å². The molecule has 8 heteroatoms. The highest BCUT2D eigenvalue weighted by atomic mass is 16.6. The van der Waals surface area contributed by atoms with Crippen LogP contribution in [0.25, 0.3) is 0 Å². The van der Waals surface area contributed by atoms with E-state index in [2.05, 4.69) is 0 Å². The lowest BCUT2D eigenvalue weighted by Gasteiger charge is -2.41. The Kier molecular flexibility index (Phi) is 5.84. The van der Waals surface area contributed by atoms with Crippen LogP contribution in [-0.4, -0.2) is 75.7 Å². The van der Waals surface area contributed by atoms with Crippen molar-refractivity contribution < 1.29 is 29.0 Å². The summed E-state index contributed by atoms with van der Waals surface area (Å²) in [4.78, 5) is 44.7. The minimum atomic E-state index is -1.35. The molecule has 0 radical (unpaired) electrons. The van der Waals surface area contributed by atoms with E-state index in [-0.39, 0.29) is 30.9 Å². The molecule has 6 atom stereocenters. The summed E-state index contributed by atoms with van der Waals surface area (Å²) in [6, 6.07) is 8.06. The maximum Gasteiger partial charge on any atom is 0.313 e. The van der Waals surface area contributed by atoms with E-state index in [0.717, 1.165) is 5.56 Å². The normalized spacial score (nSPS) is 34.9. The Morgan fingerprint density at radius 2 is 1.80 bits per heavy atom. The van der Waals surface area contributed by atoms with Crippen molar-refractivity contribution in [2.75, 3.05) is 19.8 Å². The van der Waals surface area contributed by atoms with Gasteiger partial charge in [-0.1, -0.05) is 62.4 Å². The molecule has 1 unspecified atom stereocenters. The van der Waals surface area contributed by atoms with Gasteiger partial charge in [-0.05, 0) is 24.5 Å². The summed E-state index contributed by atoms with van der Waals surface area (Å²) < 4.78 is 12.1. The number of ether oxygens (including phenoxy) is 2. The molecule has 0 bridgehead atoms. The summed E-state index contributed by atoms with van der Waals surface area (Å²) in [6.45, 7) is 6.11. The summed E-state index contributed by atoms with van der Waals surface area (Å²) in [5, 5.41) is 10.3. The Balaban J connectivity index is 1.64. The van der Waals surface area contributed by atoms with Crippen molar-refractivity contribution in [3.63, 3.8) is 0 Å². The number of benzene rings is 1. The number of hydrogen-bond acceptors (Lipinski definition) is 6. The van der Waals surface area contributed by atoms with Crippen LogP contribution in [0.5, 0.6) is 0 Å². The zero-order chi connectivity index (χ0) is 25.0. The summed E-state index contributed by atoms with van der Waals surface area (Å²) in [7, 11) is 0. The Hall–Kier alpha value is -2.97. The van der Waals surface area contributed by atoms with Gasteiger partial charge < -0.3 is 24.4 Å². The monoisotopic (exact) mass is 480 g/mol. The van der Waals surface area contributed by atoms with E-state index in [0.29, 0.717) is 13.1 Å². The van der Waals surface area contributed by atoms with Gasteiger partial charge in [0.05, 0.1) is 24.2 Å².